The van der Waals surface area contributed by atoms with Gasteiger partial charge in [0.15, 0.2) is 0 Å². The summed E-state index contributed by atoms with van der Waals surface area (Å²) in [5.74, 6) is 0.956. The van der Waals surface area contributed by atoms with E-state index in [4.69, 9.17) is 0 Å². The zero-order valence-electron chi connectivity index (χ0n) is 15.9. The van der Waals surface area contributed by atoms with Gasteiger partial charge >= 0.3 is 0 Å². The Morgan fingerprint density at radius 1 is 0.852 bits per heavy atom. The number of rotatable bonds is 4. The van der Waals surface area contributed by atoms with Crippen molar-refractivity contribution in [3.63, 3.8) is 0 Å². The van der Waals surface area contributed by atoms with Crippen LogP contribution in [-0.2, 0) is 0 Å². The minimum absolute atomic E-state index is 0.162. The maximum atomic E-state index is 12.8. The van der Waals surface area contributed by atoms with E-state index in [1.807, 2.05) is 35.2 Å². The first-order valence-electron chi connectivity index (χ1n) is 10.1. The number of piperazine rings is 1. The number of nitrogens with zero attached hydrogens (tertiary/aromatic N) is 2. The van der Waals surface area contributed by atoms with E-state index >= 15 is 0 Å². The third-order valence-corrected chi connectivity index (χ3v) is 5.79. The number of allylic oxidation sites excluding steroid dienone is 2. The number of hydrogen-bond donors (Lipinski definition) is 0. The van der Waals surface area contributed by atoms with Gasteiger partial charge in [-0.3, -0.25) is 9.69 Å². The first-order chi connectivity index (χ1) is 13.3. The average molecular weight is 361 g/mol. The fraction of sp³-hybridized carbons (Fsp3) is 0.375. The molecule has 3 heteroatoms. The van der Waals surface area contributed by atoms with Gasteiger partial charge in [-0.2, -0.15) is 0 Å². The monoisotopic (exact) mass is 360 g/mol. The Labute approximate surface area is 162 Å². The van der Waals surface area contributed by atoms with Crippen LogP contribution in [0.3, 0.4) is 0 Å². The van der Waals surface area contributed by atoms with Crippen LogP contribution in [0.2, 0.25) is 0 Å². The predicted molar refractivity (Wildman–Crippen MR) is 111 cm³/mol. The summed E-state index contributed by atoms with van der Waals surface area (Å²) in [5, 5.41) is 0. The lowest BCUT2D eigenvalue weighted by atomic mass is 9.94. The SMILES string of the molecule is O=C(c1ccc(-c2ccccc2)cc1)N1CCN(C[C@H]2CC=CCC2)CC1. The Hall–Kier alpha value is -2.39. The van der Waals surface area contributed by atoms with E-state index in [0.717, 1.165) is 43.2 Å². The zero-order valence-corrected chi connectivity index (χ0v) is 15.9. The van der Waals surface area contributed by atoms with Crippen molar-refractivity contribution < 1.29 is 4.79 Å². The molecule has 1 saturated heterocycles. The Balaban J connectivity index is 1.32. The summed E-state index contributed by atoms with van der Waals surface area (Å²) in [4.78, 5) is 17.4. The van der Waals surface area contributed by atoms with Gasteiger partial charge in [0.05, 0.1) is 0 Å². The minimum Gasteiger partial charge on any atom is -0.336 e. The molecule has 1 heterocycles. The first-order valence-corrected chi connectivity index (χ1v) is 10.1. The molecule has 3 nitrogen and oxygen atoms in total. The largest absolute Gasteiger partial charge is 0.336 e. The summed E-state index contributed by atoms with van der Waals surface area (Å²) in [5.41, 5.74) is 3.13. The lowest BCUT2D eigenvalue weighted by molar-refractivity contribution is 0.0614. The molecule has 1 atom stereocenters. The minimum atomic E-state index is 0.162. The highest BCUT2D eigenvalue weighted by Crippen LogP contribution is 2.22. The summed E-state index contributed by atoms with van der Waals surface area (Å²) < 4.78 is 0. The fourth-order valence-corrected chi connectivity index (χ4v) is 4.14. The van der Waals surface area contributed by atoms with Gasteiger partial charge in [0.1, 0.15) is 0 Å². The second kappa shape index (κ2) is 8.53. The Kier molecular flexibility index (Phi) is 5.69. The van der Waals surface area contributed by atoms with Crippen LogP contribution in [0.15, 0.2) is 66.7 Å². The van der Waals surface area contributed by atoms with Gasteiger partial charge in [-0.05, 0) is 48.4 Å². The number of benzene rings is 2. The van der Waals surface area contributed by atoms with E-state index in [-0.39, 0.29) is 5.91 Å². The molecule has 0 N–H and O–H groups in total. The Morgan fingerprint density at radius 2 is 1.56 bits per heavy atom. The summed E-state index contributed by atoms with van der Waals surface area (Å²) >= 11 is 0. The summed E-state index contributed by atoms with van der Waals surface area (Å²) in [7, 11) is 0. The average Bonchev–Trinajstić information content (AvgIpc) is 2.75. The molecule has 1 aliphatic carbocycles. The molecule has 2 aliphatic rings. The van der Waals surface area contributed by atoms with Gasteiger partial charge in [0, 0.05) is 38.3 Å². The van der Waals surface area contributed by atoms with E-state index in [1.165, 1.54) is 31.4 Å². The molecule has 140 valence electrons. The summed E-state index contributed by atoms with van der Waals surface area (Å²) in [6.07, 6.45) is 8.38. The molecule has 2 aromatic rings. The van der Waals surface area contributed by atoms with Gasteiger partial charge in [-0.25, -0.2) is 0 Å². The molecular weight excluding hydrogens is 332 g/mol. The highest BCUT2D eigenvalue weighted by molar-refractivity contribution is 5.94. The van der Waals surface area contributed by atoms with Gasteiger partial charge < -0.3 is 4.90 Å². The van der Waals surface area contributed by atoms with E-state index < -0.39 is 0 Å². The number of hydrogen-bond acceptors (Lipinski definition) is 2. The second-order valence-electron chi connectivity index (χ2n) is 7.69. The van der Waals surface area contributed by atoms with E-state index in [0.29, 0.717) is 0 Å². The van der Waals surface area contributed by atoms with Gasteiger partial charge in [0.2, 0.25) is 0 Å². The van der Waals surface area contributed by atoms with Crippen LogP contribution < -0.4 is 0 Å². The Bertz CT molecular complexity index is 774. The van der Waals surface area contributed by atoms with Crippen LogP contribution in [0.5, 0.6) is 0 Å². The van der Waals surface area contributed by atoms with Crippen molar-refractivity contribution >= 4 is 5.91 Å². The molecule has 0 radical (unpaired) electrons. The molecular formula is C24H28N2O. The maximum Gasteiger partial charge on any atom is 0.253 e. The van der Waals surface area contributed by atoms with E-state index in [2.05, 4.69) is 41.3 Å². The van der Waals surface area contributed by atoms with Crippen LogP contribution >= 0.6 is 0 Å². The first kappa shape index (κ1) is 18.0. The molecule has 0 unspecified atom stereocenters. The fourth-order valence-electron chi connectivity index (χ4n) is 4.14. The molecule has 1 amide bonds. The predicted octanol–water partition coefficient (Wildman–Crippen LogP) is 4.47. The van der Waals surface area contributed by atoms with Crippen LogP contribution in [0.1, 0.15) is 29.6 Å². The van der Waals surface area contributed by atoms with Crippen molar-refractivity contribution in [3.8, 4) is 11.1 Å². The van der Waals surface area contributed by atoms with E-state index in [9.17, 15) is 4.79 Å². The second-order valence-corrected chi connectivity index (χ2v) is 7.69. The van der Waals surface area contributed by atoms with Crippen molar-refractivity contribution in [2.24, 2.45) is 5.92 Å². The molecule has 0 spiro atoms. The van der Waals surface area contributed by atoms with Gasteiger partial charge in [0.25, 0.3) is 5.91 Å². The van der Waals surface area contributed by atoms with Crippen molar-refractivity contribution in [2.75, 3.05) is 32.7 Å². The number of carbonyl (C=O) groups excluding carboxylic acids is 1. The zero-order chi connectivity index (χ0) is 18.5. The van der Waals surface area contributed by atoms with Crippen LogP contribution in [0, 0.1) is 5.92 Å². The molecule has 2 aromatic carbocycles. The summed E-state index contributed by atoms with van der Waals surface area (Å²) in [6, 6.07) is 18.3. The Morgan fingerprint density at radius 3 is 2.22 bits per heavy atom. The topological polar surface area (TPSA) is 23.6 Å². The quantitative estimate of drug-likeness (QED) is 0.751. The van der Waals surface area contributed by atoms with Crippen molar-refractivity contribution in [1.29, 1.82) is 0 Å². The standard InChI is InChI=1S/C24H28N2O/c27-24(23-13-11-22(12-14-23)21-9-5-2-6-10-21)26-17-15-25(16-18-26)19-20-7-3-1-4-8-20/h1-3,5-6,9-14,20H,4,7-8,15-19H2/t20-/m0/s1. The molecule has 4 rings (SSSR count). The highest BCUT2D eigenvalue weighted by atomic mass is 16.2. The molecule has 1 fully saturated rings. The normalized spacial score (nSPS) is 20.6. The lowest BCUT2D eigenvalue weighted by Crippen LogP contribution is -2.49. The van der Waals surface area contributed by atoms with Crippen molar-refractivity contribution in [1.82, 2.24) is 9.80 Å². The van der Waals surface area contributed by atoms with Crippen molar-refractivity contribution in [3.05, 3.63) is 72.3 Å². The van der Waals surface area contributed by atoms with Crippen LogP contribution in [-0.4, -0.2) is 48.4 Å². The number of carbonyl (C=O) groups is 1. The van der Waals surface area contributed by atoms with Crippen molar-refractivity contribution in [2.45, 2.75) is 19.3 Å². The molecule has 1 aliphatic heterocycles. The molecule has 0 bridgehead atoms. The highest BCUT2D eigenvalue weighted by Gasteiger charge is 2.24. The van der Waals surface area contributed by atoms with E-state index in [1.54, 1.807) is 0 Å². The lowest BCUT2D eigenvalue weighted by Gasteiger charge is -2.36. The molecule has 27 heavy (non-hydrogen) atoms. The number of amides is 1. The van der Waals surface area contributed by atoms with Crippen LogP contribution in [0.25, 0.3) is 11.1 Å². The maximum absolute atomic E-state index is 12.8. The summed E-state index contributed by atoms with van der Waals surface area (Å²) in [6.45, 7) is 4.84. The van der Waals surface area contributed by atoms with Crippen LogP contribution in [0.4, 0.5) is 0 Å². The smallest absolute Gasteiger partial charge is 0.253 e. The van der Waals surface area contributed by atoms with Gasteiger partial charge in [-0.15, -0.1) is 0 Å². The third kappa shape index (κ3) is 4.48. The van der Waals surface area contributed by atoms with Gasteiger partial charge in [-0.1, -0.05) is 54.6 Å². The molecule has 0 aromatic heterocycles. The third-order valence-electron chi connectivity index (χ3n) is 5.79. The molecule has 0 saturated carbocycles.